The van der Waals surface area contributed by atoms with E-state index in [0.29, 0.717) is 12.5 Å². The summed E-state index contributed by atoms with van der Waals surface area (Å²) in [4.78, 5) is 22.7. The van der Waals surface area contributed by atoms with E-state index in [1.807, 2.05) is 0 Å². The standard InChI is InChI=1S/C18H34O4/c1-3-5-7-9-16(10-8-6-4-2)12-14-22-18(21)15-17(20)11-13-19/h16,19H,3-15H2,1-2H3. The second-order valence-corrected chi connectivity index (χ2v) is 6.06. The Morgan fingerprint density at radius 1 is 0.955 bits per heavy atom. The maximum absolute atomic E-state index is 11.5. The van der Waals surface area contributed by atoms with Crippen LogP contribution >= 0.6 is 0 Å². The molecule has 0 bridgehead atoms. The number of aliphatic hydroxyl groups excluding tert-OH is 1. The number of esters is 1. The molecule has 0 aromatic heterocycles. The molecule has 0 aromatic carbocycles. The molecule has 1 N–H and O–H groups in total. The van der Waals surface area contributed by atoms with E-state index in [1.165, 1.54) is 51.4 Å². The quantitative estimate of drug-likeness (QED) is 0.281. The molecule has 0 aromatic rings. The van der Waals surface area contributed by atoms with Gasteiger partial charge in [0.1, 0.15) is 12.2 Å². The van der Waals surface area contributed by atoms with Crippen molar-refractivity contribution in [3.05, 3.63) is 0 Å². The topological polar surface area (TPSA) is 63.6 Å². The highest BCUT2D eigenvalue weighted by Gasteiger charge is 2.12. The van der Waals surface area contributed by atoms with Gasteiger partial charge < -0.3 is 9.84 Å². The smallest absolute Gasteiger partial charge is 0.313 e. The molecule has 22 heavy (non-hydrogen) atoms. The van der Waals surface area contributed by atoms with Gasteiger partial charge in [0.25, 0.3) is 0 Å². The summed E-state index contributed by atoms with van der Waals surface area (Å²) in [5, 5.41) is 8.63. The fourth-order valence-electron chi connectivity index (χ4n) is 2.56. The van der Waals surface area contributed by atoms with Crippen LogP contribution in [0.15, 0.2) is 0 Å². The van der Waals surface area contributed by atoms with Gasteiger partial charge in [-0.2, -0.15) is 0 Å². The van der Waals surface area contributed by atoms with Crippen LogP contribution in [0.1, 0.15) is 84.5 Å². The van der Waals surface area contributed by atoms with Gasteiger partial charge in [-0.1, -0.05) is 65.2 Å². The molecule has 0 heterocycles. The summed E-state index contributed by atoms with van der Waals surface area (Å²) in [6.07, 6.45) is 10.6. The van der Waals surface area contributed by atoms with E-state index in [1.54, 1.807) is 0 Å². The summed E-state index contributed by atoms with van der Waals surface area (Å²) in [6, 6.07) is 0. The Bertz CT molecular complexity index is 279. The number of carbonyl (C=O) groups excluding carboxylic acids is 2. The van der Waals surface area contributed by atoms with Gasteiger partial charge >= 0.3 is 5.97 Å². The van der Waals surface area contributed by atoms with Crippen molar-refractivity contribution in [2.75, 3.05) is 13.2 Å². The maximum Gasteiger partial charge on any atom is 0.313 e. The Morgan fingerprint density at radius 2 is 1.55 bits per heavy atom. The number of Topliss-reactive ketones (excluding diaryl/α,β-unsaturated/α-hetero) is 1. The normalized spacial score (nSPS) is 10.9. The van der Waals surface area contributed by atoms with Crippen molar-refractivity contribution in [2.45, 2.75) is 84.5 Å². The molecule has 130 valence electrons. The molecule has 0 amide bonds. The minimum Gasteiger partial charge on any atom is -0.465 e. The molecule has 0 atom stereocenters. The largest absolute Gasteiger partial charge is 0.465 e. The highest BCUT2D eigenvalue weighted by Crippen LogP contribution is 2.21. The summed E-state index contributed by atoms with van der Waals surface area (Å²) in [6.45, 7) is 4.62. The van der Waals surface area contributed by atoms with Gasteiger partial charge in [-0.25, -0.2) is 0 Å². The predicted octanol–water partition coefficient (Wildman–Crippen LogP) is 4.04. The Balaban J connectivity index is 3.92. The van der Waals surface area contributed by atoms with Crippen molar-refractivity contribution in [1.29, 1.82) is 0 Å². The maximum atomic E-state index is 11.5. The molecular weight excluding hydrogens is 280 g/mol. The van der Waals surface area contributed by atoms with Crippen LogP contribution in [-0.4, -0.2) is 30.1 Å². The molecule has 0 rings (SSSR count). The van der Waals surface area contributed by atoms with Crippen LogP contribution in [0.4, 0.5) is 0 Å². The van der Waals surface area contributed by atoms with Crippen molar-refractivity contribution < 1.29 is 19.4 Å². The summed E-state index contributed by atoms with van der Waals surface area (Å²) in [7, 11) is 0. The average molecular weight is 314 g/mol. The Hall–Kier alpha value is -0.900. The Labute approximate surface area is 135 Å². The third kappa shape index (κ3) is 12.8. The first kappa shape index (κ1) is 21.1. The van der Waals surface area contributed by atoms with Crippen LogP contribution in [0, 0.1) is 5.92 Å². The number of ether oxygens (including phenoxy) is 1. The zero-order chi connectivity index (χ0) is 16.6. The molecule has 4 nitrogen and oxygen atoms in total. The third-order valence-electron chi connectivity index (χ3n) is 3.95. The molecule has 0 spiro atoms. The van der Waals surface area contributed by atoms with Crippen molar-refractivity contribution in [2.24, 2.45) is 5.92 Å². The molecule has 0 aliphatic rings. The number of aliphatic hydroxyl groups is 1. The van der Waals surface area contributed by atoms with Gasteiger partial charge in [0, 0.05) is 13.0 Å². The SMILES string of the molecule is CCCCCC(CCCCC)CCOC(=O)CC(=O)CCO. The highest BCUT2D eigenvalue weighted by atomic mass is 16.5. The molecule has 0 aliphatic carbocycles. The summed E-state index contributed by atoms with van der Waals surface area (Å²) < 4.78 is 5.16. The van der Waals surface area contributed by atoms with Gasteiger partial charge in [-0.15, -0.1) is 0 Å². The summed E-state index contributed by atoms with van der Waals surface area (Å²) in [5.41, 5.74) is 0. The number of carbonyl (C=O) groups is 2. The molecule has 0 radical (unpaired) electrons. The fraction of sp³-hybridized carbons (Fsp3) is 0.889. The first-order valence-electron chi connectivity index (χ1n) is 8.92. The zero-order valence-corrected chi connectivity index (χ0v) is 14.4. The van der Waals surface area contributed by atoms with E-state index in [0.717, 1.165) is 6.42 Å². The molecule has 0 saturated carbocycles. The van der Waals surface area contributed by atoms with Gasteiger partial charge in [0.15, 0.2) is 0 Å². The molecule has 4 heteroatoms. The number of rotatable bonds is 15. The average Bonchev–Trinajstić information content (AvgIpc) is 2.47. The molecule has 0 fully saturated rings. The van der Waals surface area contributed by atoms with Crippen molar-refractivity contribution in [3.63, 3.8) is 0 Å². The summed E-state index contributed by atoms with van der Waals surface area (Å²) in [5.74, 6) is -0.0895. The number of hydrogen-bond acceptors (Lipinski definition) is 4. The van der Waals surface area contributed by atoms with Gasteiger partial charge in [-0.3, -0.25) is 9.59 Å². The van der Waals surface area contributed by atoms with Crippen molar-refractivity contribution >= 4 is 11.8 Å². The first-order valence-corrected chi connectivity index (χ1v) is 8.92. The lowest BCUT2D eigenvalue weighted by molar-refractivity contribution is -0.146. The second kappa shape index (κ2) is 15.0. The van der Waals surface area contributed by atoms with E-state index >= 15 is 0 Å². The van der Waals surface area contributed by atoms with Crippen LogP contribution in [0.25, 0.3) is 0 Å². The van der Waals surface area contributed by atoms with E-state index in [2.05, 4.69) is 13.8 Å². The van der Waals surface area contributed by atoms with Gasteiger partial charge in [0.05, 0.1) is 6.61 Å². The minimum atomic E-state index is -0.459. The Kier molecular flexibility index (Phi) is 14.4. The monoisotopic (exact) mass is 314 g/mol. The van der Waals surface area contributed by atoms with E-state index in [-0.39, 0.29) is 25.2 Å². The van der Waals surface area contributed by atoms with Crippen LogP contribution in [0.3, 0.4) is 0 Å². The van der Waals surface area contributed by atoms with Crippen LogP contribution in [0.5, 0.6) is 0 Å². The van der Waals surface area contributed by atoms with Gasteiger partial charge in [-0.05, 0) is 12.3 Å². The minimum absolute atomic E-state index is 0.0335. The number of hydrogen-bond donors (Lipinski definition) is 1. The van der Waals surface area contributed by atoms with Crippen molar-refractivity contribution in [3.8, 4) is 0 Å². The summed E-state index contributed by atoms with van der Waals surface area (Å²) >= 11 is 0. The number of ketones is 1. The Morgan fingerprint density at radius 3 is 2.05 bits per heavy atom. The zero-order valence-electron chi connectivity index (χ0n) is 14.4. The second-order valence-electron chi connectivity index (χ2n) is 6.06. The predicted molar refractivity (Wildman–Crippen MR) is 88.7 cm³/mol. The van der Waals surface area contributed by atoms with Crippen molar-refractivity contribution in [1.82, 2.24) is 0 Å². The highest BCUT2D eigenvalue weighted by molar-refractivity contribution is 5.95. The van der Waals surface area contributed by atoms with Crippen LogP contribution in [-0.2, 0) is 14.3 Å². The lowest BCUT2D eigenvalue weighted by Crippen LogP contribution is -2.14. The lowest BCUT2D eigenvalue weighted by Gasteiger charge is -2.16. The lowest BCUT2D eigenvalue weighted by atomic mass is 9.92. The number of unbranched alkanes of at least 4 members (excludes halogenated alkanes) is 4. The first-order chi connectivity index (χ1) is 10.6. The molecule has 0 saturated heterocycles. The fourth-order valence-corrected chi connectivity index (χ4v) is 2.56. The van der Waals surface area contributed by atoms with Crippen LogP contribution in [0.2, 0.25) is 0 Å². The molecule has 0 aliphatic heterocycles. The molecular formula is C18H34O4. The third-order valence-corrected chi connectivity index (χ3v) is 3.95. The van der Waals surface area contributed by atoms with Crippen LogP contribution < -0.4 is 0 Å². The van der Waals surface area contributed by atoms with Gasteiger partial charge in [0.2, 0.25) is 0 Å². The van der Waals surface area contributed by atoms with E-state index in [9.17, 15) is 9.59 Å². The molecule has 0 unspecified atom stereocenters. The van der Waals surface area contributed by atoms with E-state index in [4.69, 9.17) is 9.84 Å². The van der Waals surface area contributed by atoms with E-state index < -0.39 is 5.97 Å².